The van der Waals surface area contributed by atoms with E-state index in [0.29, 0.717) is 9.96 Å². The smallest absolute Gasteiger partial charge is 0.414 e. The van der Waals surface area contributed by atoms with Gasteiger partial charge >= 0.3 is 24.0 Å². The fraction of sp³-hybridized carbons (Fsp3) is 0.321. The van der Waals surface area contributed by atoms with Gasteiger partial charge in [0.1, 0.15) is 0 Å². The van der Waals surface area contributed by atoms with E-state index >= 15 is 0 Å². The number of rotatable bonds is 12. The summed E-state index contributed by atoms with van der Waals surface area (Å²) in [5, 5.41) is 12.7. The Morgan fingerprint density at radius 1 is 0.810 bits per heavy atom. The number of nitrogens with zero attached hydrogens (tertiary/aromatic N) is 2. The average molecular weight is 586 g/mol. The molecule has 14 heteroatoms. The number of hydrogen-bond acceptors (Lipinski definition) is 10. The third kappa shape index (κ3) is 10.4. The van der Waals surface area contributed by atoms with E-state index in [1.807, 2.05) is 0 Å². The van der Waals surface area contributed by atoms with Crippen molar-refractivity contribution in [1.82, 2.24) is 15.3 Å². The Labute approximate surface area is 241 Å². The number of hydrogen-bond donors (Lipinski definition) is 2. The third-order valence-electron chi connectivity index (χ3n) is 5.49. The molecule has 0 saturated carbocycles. The van der Waals surface area contributed by atoms with Crippen molar-refractivity contribution in [2.75, 3.05) is 20.1 Å². The van der Waals surface area contributed by atoms with Crippen LogP contribution in [0.15, 0.2) is 48.5 Å². The van der Waals surface area contributed by atoms with Gasteiger partial charge in [0, 0.05) is 46.8 Å². The molecule has 14 nitrogen and oxygen atoms in total. The van der Waals surface area contributed by atoms with Gasteiger partial charge in [-0.1, -0.05) is 24.3 Å². The zero-order chi connectivity index (χ0) is 31.2. The quantitative estimate of drug-likeness (QED) is 0.161. The van der Waals surface area contributed by atoms with Crippen LogP contribution in [0.1, 0.15) is 60.2 Å². The van der Waals surface area contributed by atoms with Crippen LogP contribution in [0.25, 0.3) is 0 Å². The first kappa shape index (κ1) is 32.9. The number of ether oxygens (including phenoxy) is 2. The summed E-state index contributed by atoms with van der Waals surface area (Å²) >= 11 is 0. The van der Waals surface area contributed by atoms with Gasteiger partial charge in [-0.25, -0.2) is 14.5 Å². The summed E-state index contributed by atoms with van der Waals surface area (Å²) in [6, 6.07) is 12.1. The Kier molecular flexibility index (Phi) is 12.6. The van der Waals surface area contributed by atoms with Crippen LogP contribution >= 0.6 is 0 Å². The van der Waals surface area contributed by atoms with Crippen LogP contribution in [0.2, 0.25) is 0 Å². The van der Waals surface area contributed by atoms with Crippen LogP contribution in [0, 0.1) is 0 Å². The highest BCUT2D eigenvalue weighted by Gasteiger charge is 2.24. The van der Waals surface area contributed by atoms with Gasteiger partial charge in [0.2, 0.25) is 5.91 Å². The Hall–Kier alpha value is -5.27. The molecule has 0 atom stereocenters. The van der Waals surface area contributed by atoms with Crippen molar-refractivity contribution < 1.29 is 53.0 Å². The molecule has 2 N–H and O–H groups in total. The lowest BCUT2D eigenvalue weighted by Crippen LogP contribution is -2.39. The highest BCUT2D eigenvalue weighted by Crippen LogP contribution is 2.31. The molecule has 2 aromatic rings. The Morgan fingerprint density at radius 3 is 2.10 bits per heavy atom. The number of para-hydroxylation sites is 1. The van der Waals surface area contributed by atoms with E-state index in [2.05, 4.69) is 5.32 Å². The number of unbranched alkanes of at least 4 members (excludes halogenated alkanes) is 1. The molecule has 0 aromatic heterocycles. The first-order valence-electron chi connectivity index (χ1n) is 12.8. The van der Waals surface area contributed by atoms with Gasteiger partial charge in [-0.3, -0.25) is 24.0 Å². The summed E-state index contributed by atoms with van der Waals surface area (Å²) in [4.78, 5) is 89.4. The predicted octanol–water partition coefficient (Wildman–Crippen LogP) is 2.56. The monoisotopic (exact) mass is 585 g/mol. The Balaban J connectivity index is 1.83. The maximum atomic E-state index is 12.7. The molecular weight excluding hydrogens is 554 g/mol. The van der Waals surface area contributed by atoms with Crippen LogP contribution in [-0.4, -0.2) is 76.9 Å². The third-order valence-corrected chi connectivity index (χ3v) is 5.49. The summed E-state index contributed by atoms with van der Waals surface area (Å²) in [6.07, 6.45) is -1.65. The standard InChI is InChI=1S/C28H31N3O11/c1-18(32)40-22-13-9-12-21(25(22)41-19(2)33)26(36)29-16-8-7-14-24(35)31(28(38)39)17-15-23(34)30(3)42-27(37)20-10-5-4-6-11-20/h4-6,9-13H,7-8,14-17H2,1-3H3,(H,29,36)(H,38,39). The fourth-order valence-corrected chi connectivity index (χ4v) is 3.51. The summed E-state index contributed by atoms with van der Waals surface area (Å²) < 4.78 is 10.1. The van der Waals surface area contributed by atoms with E-state index in [4.69, 9.17) is 14.3 Å². The number of benzene rings is 2. The predicted molar refractivity (Wildman–Crippen MR) is 144 cm³/mol. The topological polar surface area (TPSA) is 186 Å². The molecule has 0 bridgehead atoms. The number of hydroxylamine groups is 2. The second-order valence-electron chi connectivity index (χ2n) is 8.75. The summed E-state index contributed by atoms with van der Waals surface area (Å²) in [6.45, 7) is 1.91. The van der Waals surface area contributed by atoms with Crippen molar-refractivity contribution in [3.05, 3.63) is 59.7 Å². The van der Waals surface area contributed by atoms with Crippen molar-refractivity contribution in [1.29, 1.82) is 0 Å². The molecule has 0 radical (unpaired) electrons. The maximum Gasteiger partial charge on any atom is 0.414 e. The van der Waals surface area contributed by atoms with Crippen molar-refractivity contribution in [3.63, 3.8) is 0 Å². The van der Waals surface area contributed by atoms with Crippen LogP contribution in [0.3, 0.4) is 0 Å². The van der Waals surface area contributed by atoms with Crippen LogP contribution in [0.4, 0.5) is 4.79 Å². The molecule has 0 aliphatic carbocycles. The molecule has 0 spiro atoms. The lowest BCUT2D eigenvalue weighted by molar-refractivity contribution is -0.161. The van der Waals surface area contributed by atoms with Crippen LogP contribution < -0.4 is 14.8 Å². The van der Waals surface area contributed by atoms with Crippen LogP contribution in [0.5, 0.6) is 11.5 Å². The van der Waals surface area contributed by atoms with E-state index in [1.165, 1.54) is 37.4 Å². The molecule has 0 unspecified atom stereocenters. The lowest BCUT2D eigenvalue weighted by Gasteiger charge is -2.20. The van der Waals surface area contributed by atoms with Crippen molar-refractivity contribution in [2.24, 2.45) is 0 Å². The molecule has 0 fully saturated rings. The number of carbonyl (C=O) groups is 7. The fourth-order valence-electron chi connectivity index (χ4n) is 3.51. The number of amides is 4. The summed E-state index contributed by atoms with van der Waals surface area (Å²) in [7, 11) is 1.20. The first-order chi connectivity index (χ1) is 19.9. The molecule has 2 aromatic carbocycles. The molecule has 0 heterocycles. The Morgan fingerprint density at radius 2 is 1.48 bits per heavy atom. The molecule has 0 aliphatic rings. The van der Waals surface area contributed by atoms with Gasteiger partial charge in [0.25, 0.3) is 11.8 Å². The number of imide groups is 1. The largest absolute Gasteiger partial charge is 0.465 e. The van der Waals surface area contributed by atoms with Gasteiger partial charge in [0.05, 0.1) is 11.1 Å². The van der Waals surface area contributed by atoms with E-state index in [9.17, 15) is 38.7 Å². The van der Waals surface area contributed by atoms with Crippen LogP contribution in [-0.2, 0) is 24.0 Å². The minimum atomic E-state index is -1.55. The van der Waals surface area contributed by atoms with Gasteiger partial charge < -0.3 is 24.7 Å². The molecule has 0 aliphatic heterocycles. The molecule has 0 saturated heterocycles. The maximum absolute atomic E-state index is 12.7. The van der Waals surface area contributed by atoms with Gasteiger partial charge in [0.15, 0.2) is 11.5 Å². The van der Waals surface area contributed by atoms with E-state index in [1.54, 1.807) is 18.2 Å². The lowest BCUT2D eigenvalue weighted by atomic mass is 10.1. The average Bonchev–Trinajstić information content (AvgIpc) is 2.93. The van der Waals surface area contributed by atoms with Gasteiger partial charge in [-0.05, 0) is 37.1 Å². The first-order valence-corrected chi connectivity index (χ1v) is 12.8. The zero-order valence-corrected chi connectivity index (χ0v) is 23.3. The number of nitrogens with one attached hydrogen (secondary N) is 1. The second kappa shape index (κ2) is 16.1. The van der Waals surface area contributed by atoms with Gasteiger partial charge in [-0.15, -0.1) is 0 Å². The minimum absolute atomic E-state index is 0.0545. The summed E-state index contributed by atoms with van der Waals surface area (Å²) in [5.41, 5.74) is 0.164. The second-order valence-corrected chi connectivity index (χ2v) is 8.75. The SMILES string of the molecule is CC(=O)Oc1cccc(C(=O)NCCCCC(=O)N(CCC(=O)N(C)OC(=O)c2ccccc2)C(=O)O)c1OC(C)=O. The van der Waals surface area contributed by atoms with E-state index in [-0.39, 0.29) is 48.4 Å². The normalized spacial score (nSPS) is 10.2. The molecule has 224 valence electrons. The molecule has 2 rings (SSSR count). The van der Waals surface area contributed by atoms with Crippen molar-refractivity contribution in [2.45, 2.75) is 39.5 Å². The molecular formula is C28H31N3O11. The Bertz CT molecular complexity index is 1330. The minimum Gasteiger partial charge on any atom is -0.465 e. The number of carboxylic acid groups (broad SMARTS) is 1. The number of esters is 2. The molecule has 42 heavy (non-hydrogen) atoms. The molecule has 4 amide bonds. The van der Waals surface area contributed by atoms with Gasteiger partial charge in [-0.2, -0.15) is 5.06 Å². The highest BCUT2D eigenvalue weighted by atomic mass is 16.7. The van der Waals surface area contributed by atoms with E-state index < -0.39 is 54.7 Å². The highest BCUT2D eigenvalue weighted by molar-refractivity contribution is 5.99. The zero-order valence-electron chi connectivity index (χ0n) is 23.3. The summed E-state index contributed by atoms with van der Waals surface area (Å²) in [5.74, 6) is -4.61. The number of carbonyl (C=O) groups excluding carboxylic acids is 6. The van der Waals surface area contributed by atoms with E-state index in [0.717, 1.165) is 13.8 Å². The van der Waals surface area contributed by atoms with Crippen molar-refractivity contribution in [3.8, 4) is 11.5 Å². The van der Waals surface area contributed by atoms with Crippen molar-refractivity contribution >= 4 is 41.7 Å².